The molecule has 0 saturated heterocycles. The first-order chi connectivity index (χ1) is 14.7. The molecule has 1 heterocycles. The van der Waals surface area contributed by atoms with E-state index in [0.717, 1.165) is 0 Å². The molecule has 0 unspecified atom stereocenters. The van der Waals surface area contributed by atoms with E-state index in [1.54, 1.807) is 0 Å². The fraction of sp³-hybridized carbons (Fsp3) is 0.263. The third-order valence-corrected chi connectivity index (χ3v) is 3.91. The van der Waals surface area contributed by atoms with Crippen LogP contribution in [0.25, 0.3) is 0 Å². The van der Waals surface area contributed by atoms with Crippen molar-refractivity contribution >= 4 is 35.5 Å². The quantitative estimate of drug-likeness (QED) is 0.432. The summed E-state index contributed by atoms with van der Waals surface area (Å²) in [5.74, 6) is -3.22. The summed E-state index contributed by atoms with van der Waals surface area (Å²) in [6.07, 6.45) is 3.78. The van der Waals surface area contributed by atoms with Crippen molar-refractivity contribution in [3.05, 3.63) is 58.3 Å². The molecule has 2 aromatic rings. The number of rotatable bonds is 9. The number of hydrogen-bond donors (Lipinski definition) is 4. The molecule has 31 heavy (non-hydrogen) atoms. The van der Waals surface area contributed by atoms with E-state index in [4.69, 9.17) is 17.3 Å². The molecule has 1 amide bonds. The second-order valence-corrected chi connectivity index (χ2v) is 6.94. The highest BCUT2D eigenvalue weighted by Gasteiger charge is 2.13. The summed E-state index contributed by atoms with van der Waals surface area (Å²) in [7, 11) is 0. The molecule has 1 aromatic carbocycles. The number of amides is 1. The number of aromatic nitrogens is 2. The first kappa shape index (κ1) is 23.9. The first-order valence-corrected chi connectivity index (χ1v) is 9.45. The molecule has 0 spiro atoms. The Labute approximate surface area is 181 Å². The molecular formula is C19H21ClF3N7O. The molecule has 2 rings (SSSR count). The highest BCUT2D eigenvalue weighted by molar-refractivity contribution is 6.32. The Morgan fingerprint density at radius 3 is 2.58 bits per heavy atom. The smallest absolute Gasteiger partial charge is 0.241 e. The maximum atomic E-state index is 13.8. The number of allylic oxidation sites excluding steroid dienone is 1. The van der Waals surface area contributed by atoms with Crippen LogP contribution in [0.3, 0.4) is 0 Å². The van der Waals surface area contributed by atoms with E-state index < -0.39 is 17.5 Å². The second-order valence-electron chi connectivity index (χ2n) is 6.53. The van der Waals surface area contributed by atoms with E-state index in [2.05, 4.69) is 30.9 Å². The molecule has 0 bridgehead atoms. The lowest BCUT2D eigenvalue weighted by Crippen LogP contribution is -2.31. The molecule has 0 fully saturated rings. The van der Waals surface area contributed by atoms with E-state index in [1.165, 1.54) is 18.6 Å². The van der Waals surface area contributed by atoms with Crippen LogP contribution in [0.5, 0.6) is 0 Å². The number of nitrogens with one attached hydrogen (secondary N) is 3. The molecule has 0 aliphatic carbocycles. The van der Waals surface area contributed by atoms with Crippen molar-refractivity contribution in [2.45, 2.75) is 26.4 Å². The van der Waals surface area contributed by atoms with Gasteiger partial charge in [0.25, 0.3) is 0 Å². The number of aliphatic imine (C=N–C) groups is 1. The lowest BCUT2D eigenvalue weighted by atomic mass is 10.2. The Balaban J connectivity index is 2.05. The zero-order valence-corrected chi connectivity index (χ0v) is 17.5. The van der Waals surface area contributed by atoms with Crippen molar-refractivity contribution in [2.24, 2.45) is 10.7 Å². The van der Waals surface area contributed by atoms with Crippen molar-refractivity contribution in [2.75, 3.05) is 17.2 Å². The second kappa shape index (κ2) is 11.2. The van der Waals surface area contributed by atoms with Gasteiger partial charge < -0.3 is 21.7 Å². The van der Waals surface area contributed by atoms with Crippen LogP contribution < -0.4 is 21.7 Å². The average Bonchev–Trinajstić information content (AvgIpc) is 2.67. The molecule has 0 saturated carbocycles. The lowest BCUT2D eigenvalue weighted by molar-refractivity contribution is -0.120. The molecule has 0 radical (unpaired) electrons. The number of nitrogens with zero attached hydrogens (tertiary/aromatic N) is 3. The highest BCUT2D eigenvalue weighted by atomic mass is 35.5. The summed E-state index contributed by atoms with van der Waals surface area (Å²) in [6, 6.07) is 1.15. The summed E-state index contributed by atoms with van der Waals surface area (Å²) in [4.78, 5) is 23.7. The predicted molar refractivity (Wildman–Crippen MR) is 113 cm³/mol. The van der Waals surface area contributed by atoms with Crippen LogP contribution in [0, 0.1) is 17.5 Å². The largest absolute Gasteiger partial charge is 0.403 e. The van der Waals surface area contributed by atoms with Crippen LogP contribution in [0.2, 0.25) is 5.02 Å². The maximum Gasteiger partial charge on any atom is 0.241 e. The number of anilines is 2. The van der Waals surface area contributed by atoms with Crippen LogP contribution in [-0.2, 0) is 11.3 Å². The lowest BCUT2D eigenvalue weighted by Gasteiger charge is -2.11. The number of nitrogens with two attached hydrogens (primary N) is 1. The van der Waals surface area contributed by atoms with Gasteiger partial charge in [0.05, 0.1) is 11.9 Å². The summed E-state index contributed by atoms with van der Waals surface area (Å²) >= 11 is 6.02. The maximum absolute atomic E-state index is 13.8. The third kappa shape index (κ3) is 7.45. The fourth-order valence-electron chi connectivity index (χ4n) is 2.31. The molecule has 1 aromatic heterocycles. The number of carbonyl (C=O) groups excluding carboxylic acids is 1. The van der Waals surface area contributed by atoms with Crippen molar-refractivity contribution in [1.82, 2.24) is 15.3 Å². The molecule has 8 nitrogen and oxygen atoms in total. The van der Waals surface area contributed by atoms with Gasteiger partial charge in [-0.3, -0.25) is 9.79 Å². The van der Waals surface area contributed by atoms with Gasteiger partial charge in [0, 0.05) is 42.7 Å². The molecule has 5 N–H and O–H groups in total. The summed E-state index contributed by atoms with van der Waals surface area (Å²) in [5, 5.41) is 8.23. The fourth-order valence-corrected chi connectivity index (χ4v) is 2.46. The Morgan fingerprint density at radius 2 is 1.97 bits per heavy atom. The van der Waals surface area contributed by atoms with Crippen LogP contribution in [0.15, 0.2) is 35.2 Å². The Hall–Kier alpha value is -3.34. The molecular weight excluding hydrogens is 435 g/mol. The highest BCUT2D eigenvalue weighted by Crippen LogP contribution is 2.22. The Bertz CT molecular complexity index is 975. The van der Waals surface area contributed by atoms with Gasteiger partial charge in [-0.05, 0) is 13.8 Å². The number of halogens is 4. The Morgan fingerprint density at radius 1 is 1.29 bits per heavy atom. The van der Waals surface area contributed by atoms with Crippen molar-refractivity contribution in [3.8, 4) is 0 Å². The molecule has 12 heteroatoms. The Kier molecular flexibility index (Phi) is 8.62. The van der Waals surface area contributed by atoms with Gasteiger partial charge in [0.1, 0.15) is 29.0 Å². The van der Waals surface area contributed by atoms with E-state index in [-0.39, 0.29) is 47.4 Å². The SMILES string of the molecule is CC(C)NC(=O)CN=CC(=CN)Nc1ncc(Cl)c(NCc2c(F)cc(F)cc2F)n1. The third-order valence-electron chi connectivity index (χ3n) is 3.63. The number of benzene rings is 1. The van der Waals surface area contributed by atoms with E-state index >= 15 is 0 Å². The van der Waals surface area contributed by atoms with Crippen LogP contribution in [0.4, 0.5) is 24.9 Å². The van der Waals surface area contributed by atoms with E-state index in [9.17, 15) is 18.0 Å². The minimum atomic E-state index is -1.04. The number of hydrogen-bond acceptors (Lipinski definition) is 7. The average molecular weight is 456 g/mol. The summed E-state index contributed by atoms with van der Waals surface area (Å²) < 4.78 is 40.6. The van der Waals surface area contributed by atoms with Crippen molar-refractivity contribution in [1.29, 1.82) is 0 Å². The standard InChI is InChI=1S/C19H21ClF3N7O/c1-10(2)28-17(31)9-25-6-12(5-24)29-19-27-8-14(20)18(30-19)26-7-13-15(22)3-11(21)4-16(13)23/h3-6,8,10H,7,9,24H2,1-2H3,(H,28,31)(H2,26,27,29,30). The van der Waals surface area contributed by atoms with E-state index in [0.29, 0.717) is 17.8 Å². The topological polar surface area (TPSA) is 117 Å². The first-order valence-electron chi connectivity index (χ1n) is 9.07. The van der Waals surface area contributed by atoms with E-state index in [1.807, 2.05) is 13.8 Å². The minimum Gasteiger partial charge on any atom is -0.403 e. The van der Waals surface area contributed by atoms with Crippen molar-refractivity contribution < 1.29 is 18.0 Å². The number of carbonyl (C=O) groups is 1. The zero-order valence-electron chi connectivity index (χ0n) is 16.7. The predicted octanol–water partition coefficient (Wildman–Crippen LogP) is 2.97. The van der Waals surface area contributed by atoms with Gasteiger partial charge in [0.2, 0.25) is 11.9 Å². The molecule has 0 aliphatic heterocycles. The van der Waals surface area contributed by atoms with Gasteiger partial charge >= 0.3 is 0 Å². The molecule has 166 valence electrons. The zero-order chi connectivity index (χ0) is 23.0. The normalized spacial score (nSPS) is 11.8. The minimum absolute atomic E-state index is 0.00408. The van der Waals surface area contributed by atoms with Gasteiger partial charge in [-0.15, -0.1) is 0 Å². The molecule has 0 aliphatic rings. The monoisotopic (exact) mass is 455 g/mol. The summed E-state index contributed by atoms with van der Waals surface area (Å²) in [6.45, 7) is 3.23. The van der Waals surface area contributed by atoms with Crippen LogP contribution in [0.1, 0.15) is 19.4 Å². The van der Waals surface area contributed by atoms with Crippen LogP contribution >= 0.6 is 11.6 Å². The van der Waals surface area contributed by atoms with Gasteiger partial charge in [-0.2, -0.15) is 4.98 Å². The van der Waals surface area contributed by atoms with Crippen LogP contribution in [-0.4, -0.2) is 34.7 Å². The summed E-state index contributed by atoms with van der Waals surface area (Å²) in [5.41, 5.74) is 5.46. The van der Waals surface area contributed by atoms with Gasteiger partial charge in [-0.1, -0.05) is 11.6 Å². The molecule has 0 atom stereocenters. The van der Waals surface area contributed by atoms with Gasteiger partial charge in [0.15, 0.2) is 5.82 Å². The van der Waals surface area contributed by atoms with Gasteiger partial charge in [-0.25, -0.2) is 18.2 Å². The van der Waals surface area contributed by atoms with Crippen molar-refractivity contribution in [3.63, 3.8) is 0 Å².